The molecule has 2 rings (SSSR count). The molecule has 2 aliphatic rings. The molecule has 2 bridgehead atoms. The van der Waals surface area contributed by atoms with Crippen LogP contribution in [-0.2, 0) is 10.8 Å². The molecule has 0 aliphatic carbocycles. The van der Waals surface area contributed by atoms with Crippen LogP contribution in [0.1, 0.15) is 39.0 Å². The summed E-state index contributed by atoms with van der Waals surface area (Å²) in [7, 11) is -0.640. The molecule has 1 N–H and O–H groups in total. The molecule has 0 saturated carbocycles. The minimum Gasteiger partial charge on any atom is -0.314 e. The van der Waals surface area contributed by atoms with Crippen LogP contribution in [0.2, 0.25) is 0 Å². The second kappa shape index (κ2) is 6.30. The molecule has 0 aromatic carbocycles. The molecule has 17 heavy (non-hydrogen) atoms. The summed E-state index contributed by atoms with van der Waals surface area (Å²) in [6, 6.07) is 2.24. The monoisotopic (exact) mass is 258 g/mol. The summed E-state index contributed by atoms with van der Waals surface area (Å²) in [5.41, 5.74) is 0. The third-order valence-corrected chi connectivity index (χ3v) is 4.96. The molecule has 3 nitrogen and oxygen atoms in total. The van der Waals surface area contributed by atoms with Crippen molar-refractivity contribution in [2.45, 2.75) is 57.2 Å². The second-order valence-electron chi connectivity index (χ2n) is 5.52. The quantitative estimate of drug-likeness (QED) is 0.781. The van der Waals surface area contributed by atoms with E-state index in [2.05, 4.69) is 17.1 Å². The summed E-state index contributed by atoms with van der Waals surface area (Å²) in [6.45, 7) is 4.43. The van der Waals surface area contributed by atoms with Crippen molar-refractivity contribution in [2.75, 3.05) is 25.1 Å². The largest absolute Gasteiger partial charge is 0.314 e. The van der Waals surface area contributed by atoms with Crippen LogP contribution in [0.25, 0.3) is 0 Å². The van der Waals surface area contributed by atoms with Crippen molar-refractivity contribution in [3.63, 3.8) is 0 Å². The van der Waals surface area contributed by atoms with Crippen molar-refractivity contribution in [2.24, 2.45) is 0 Å². The van der Waals surface area contributed by atoms with Crippen LogP contribution in [0.5, 0.6) is 0 Å². The van der Waals surface area contributed by atoms with Gasteiger partial charge in [-0.15, -0.1) is 0 Å². The number of piperidine rings is 1. The van der Waals surface area contributed by atoms with Gasteiger partial charge in [0.1, 0.15) is 0 Å². The van der Waals surface area contributed by atoms with Gasteiger partial charge in [0, 0.05) is 47.5 Å². The van der Waals surface area contributed by atoms with E-state index in [9.17, 15) is 4.21 Å². The van der Waals surface area contributed by atoms with Gasteiger partial charge in [0.05, 0.1) is 0 Å². The van der Waals surface area contributed by atoms with Crippen molar-refractivity contribution in [1.29, 1.82) is 0 Å². The van der Waals surface area contributed by atoms with E-state index in [0.29, 0.717) is 0 Å². The molecule has 0 amide bonds. The van der Waals surface area contributed by atoms with E-state index >= 15 is 0 Å². The van der Waals surface area contributed by atoms with Crippen LogP contribution < -0.4 is 5.32 Å². The van der Waals surface area contributed by atoms with E-state index in [1.807, 2.05) is 6.26 Å². The molecule has 3 atom stereocenters. The summed E-state index contributed by atoms with van der Waals surface area (Å²) in [4.78, 5) is 2.63. The maximum atomic E-state index is 11.2. The first-order chi connectivity index (χ1) is 8.20. The van der Waals surface area contributed by atoms with Crippen molar-refractivity contribution >= 4 is 10.8 Å². The Labute approximate surface area is 108 Å². The predicted octanol–water partition coefficient (Wildman–Crippen LogP) is 1.36. The Balaban J connectivity index is 1.82. The molecule has 2 fully saturated rings. The summed E-state index contributed by atoms with van der Waals surface area (Å²) >= 11 is 0. The van der Waals surface area contributed by atoms with Crippen LogP contribution in [-0.4, -0.2) is 52.3 Å². The Bertz CT molecular complexity index is 258. The first kappa shape index (κ1) is 13.5. The van der Waals surface area contributed by atoms with E-state index in [-0.39, 0.29) is 0 Å². The first-order valence-corrected chi connectivity index (χ1v) is 8.72. The predicted molar refractivity (Wildman–Crippen MR) is 73.8 cm³/mol. The van der Waals surface area contributed by atoms with E-state index in [4.69, 9.17) is 0 Å². The van der Waals surface area contributed by atoms with Gasteiger partial charge >= 0.3 is 0 Å². The molecule has 0 aromatic heterocycles. The fourth-order valence-electron chi connectivity index (χ4n) is 3.39. The normalized spacial score (nSPS) is 35.1. The Morgan fingerprint density at radius 1 is 1.29 bits per heavy atom. The lowest BCUT2D eigenvalue weighted by molar-refractivity contribution is 0.125. The van der Waals surface area contributed by atoms with Gasteiger partial charge in [-0.3, -0.25) is 9.11 Å². The van der Waals surface area contributed by atoms with Gasteiger partial charge < -0.3 is 5.32 Å². The zero-order valence-electron chi connectivity index (χ0n) is 11.2. The average molecular weight is 258 g/mol. The lowest BCUT2D eigenvalue weighted by Crippen LogP contribution is -2.50. The van der Waals surface area contributed by atoms with Crippen LogP contribution >= 0.6 is 0 Å². The fraction of sp³-hybridized carbons (Fsp3) is 1.00. The molecule has 0 radical (unpaired) electrons. The van der Waals surface area contributed by atoms with Gasteiger partial charge in [-0.25, -0.2) is 0 Å². The first-order valence-electron chi connectivity index (χ1n) is 7.00. The molecule has 0 spiro atoms. The third kappa shape index (κ3) is 3.52. The van der Waals surface area contributed by atoms with Crippen molar-refractivity contribution in [3.05, 3.63) is 0 Å². The molecule has 100 valence electrons. The maximum absolute atomic E-state index is 11.2. The number of hydrogen-bond acceptors (Lipinski definition) is 3. The highest BCUT2D eigenvalue weighted by molar-refractivity contribution is 7.84. The van der Waals surface area contributed by atoms with Gasteiger partial charge in [-0.05, 0) is 38.6 Å². The van der Waals surface area contributed by atoms with Crippen LogP contribution in [0, 0.1) is 0 Å². The lowest BCUT2D eigenvalue weighted by Gasteiger charge is -2.39. The molecule has 3 unspecified atom stereocenters. The van der Waals surface area contributed by atoms with Crippen LogP contribution in [0.4, 0.5) is 0 Å². The second-order valence-corrected chi connectivity index (χ2v) is 7.08. The van der Waals surface area contributed by atoms with Crippen molar-refractivity contribution in [1.82, 2.24) is 10.2 Å². The molecule has 2 heterocycles. The lowest BCUT2D eigenvalue weighted by atomic mass is 9.97. The molecule has 4 heteroatoms. The fourth-order valence-corrected chi connectivity index (χ4v) is 3.86. The molecular formula is C13H26N2OS. The zero-order chi connectivity index (χ0) is 12.3. The number of nitrogens with zero attached hydrogens (tertiary/aromatic N) is 1. The van der Waals surface area contributed by atoms with Gasteiger partial charge in [0.25, 0.3) is 0 Å². The van der Waals surface area contributed by atoms with E-state index < -0.39 is 10.8 Å². The van der Waals surface area contributed by atoms with Crippen molar-refractivity contribution < 1.29 is 4.21 Å². The summed E-state index contributed by atoms with van der Waals surface area (Å²) in [5, 5.41) is 3.67. The van der Waals surface area contributed by atoms with E-state index in [1.54, 1.807) is 0 Å². The standard InChI is InChI=1S/C13H26N2OS/c1-3-6-14-11-9-12-4-5-13(10-11)15(12)7-8-17(2)16/h11-14H,3-10H2,1-2H3. The Hall–Kier alpha value is 0.0700. The van der Waals surface area contributed by atoms with Gasteiger partial charge in [-0.1, -0.05) is 6.92 Å². The van der Waals surface area contributed by atoms with E-state index in [1.165, 1.54) is 32.1 Å². The zero-order valence-corrected chi connectivity index (χ0v) is 12.0. The Kier molecular flexibility index (Phi) is 5.00. The van der Waals surface area contributed by atoms with Gasteiger partial charge in [0.15, 0.2) is 0 Å². The maximum Gasteiger partial charge on any atom is 0.0359 e. The van der Waals surface area contributed by atoms with Crippen LogP contribution in [0.15, 0.2) is 0 Å². The number of fused-ring (bicyclic) bond motifs is 2. The molecular weight excluding hydrogens is 232 g/mol. The topological polar surface area (TPSA) is 32.3 Å². The van der Waals surface area contributed by atoms with Gasteiger partial charge in [-0.2, -0.15) is 0 Å². The Morgan fingerprint density at radius 3 is 2.47 bits per heavy atom. The highest BCUT2D eigenvalue weighted by Gasteiger charge is 2.39. The molecule has 2 saturated heterocycles. The molecule has 0 aromatic rings. The summed E-state index contributed by atoms with van der Waals surface area (Å²) < 4.78 is 11.2. The van der Waals surface area contributed by atoms with Crippen molar-refractivity contribution in [3.8, 4) is 0 Å². The minimum absolute atomic E-state index is 0.640. The smallest absolute Gasteiger partial charge is 0.0359 e. The number of rotatable bonds is 6. The third-order valence-electron chi connectivity index (χ3n) is 4.20. The highest BCUT2D eigenvalue weighted by atomic mass is 32.2. The van der Waals surface area contributed by atoms with Gasteiger partial charge in [0.2, 0.25) is 0 Å². The number of nitrogens with one attached hydrogen (secondary N) is 1. The highest BCUT2D eigenvalue weighted by Crippen LogP contribution is 2.35. The Morgan fingerprint density at radius 2 is 1.94 bits per heavy atom. The van der Waals surface area contributed by atoms with E-state index in [0.717, 1.165) is 37.0 Å². The summed E-state index contributed by atoms with van der Waals surface area (Å²) in [5.74, 6) is 0.847. The SMILES string of the molecule is CCCNC1CC2CCC(C1)N2CCS(C)=O. The van der Waals surface area contributed by atoms with Crippen LogP contribution in [0.3, 0.4) is 0 Å². The summed E-state index contributed by atoms with van der Waals surface area (Å²) in [6.07, 6.45) is 8.35. The minimum atomic E-state index is -0.640. The number of hydrogen-bond donors (Lipinski definition) is 1. The molecule has 2 aliphatic heterocycles. The average Bonchev–Trinajstić information content (AvgIpc) is 2.54.